The second kappa shape index (κ2) is 7.08. The van der Waals surface area contributed by atoms with Gasteiger partial charge in [0.05, 0.1) is 15.7 Å². The SMILES string of the molecule is COC(CNC(=O)c1ccc2ncsc2c1)c1ccccc1Cl. The number of methoxy groups -OCH3 is 1. The summed E-state index contributed by atoms with van der Waals surface area (Å²) in [4.78, 5) is 16.5. The quantitative estimate of drug-likeness (QED) is 0.757. The van der Waals surface area contributed by atoms with E-state index >= 15 is 0 Å². The molecule has 0 aliphatic rings. The topological polar surface area (TPSA) is 51.2 Å². The van der Waals surface area contributed by atoms with Crippen LogP contribution < -0.4 is 5.32 Å². The first-order chi connectivity index (χ1) is 11.2. The van der Waals surface area contributed by atoms with Crippen molar-refractivity contribution < 1.29 is 9.53 Å². The number of rotatable bonds is 5. The molecule has 0 bridgehead atoms. The molecule has 1 atom stereocenters. The minimum Gasteiger partial charge on any atom is -0.375 e. The fourth-order valence-corrected chi connectivity index (χ4v) is 3.31. The summed E-state index contributed by atoms with van der Waals surface area (Å²) in [5.41, 5.74) is 4.13. The second-order valence-electron chi connectivity index (χ2n) is 4.99. The molecule has 0 aliphatic heterocycles. The van der Waals surface area contributed by atoms with E-state index in [0.717, 1.165) is 15.8 Å². The van der Waals surface area contributed by atoms with Crippen molar-refractivity contribution in [3.8, 4) is 0 Å². The zero-order chi connectivity index (χ0) is 16.2. The van der Waals surface area contributed by atoms with Crippen LogP contribution in [0.2, 0.25) is 5.02 Å². The highest BCUT2D eigenvalue weighted by Gasteiger charge is 2.15. The fourth-order valence-electron chi connectivity index (χ4n) is 2.34. The number of thiazole rings is 1. The van der Waals surface area contributed by atoms with Crippen LogP contribution in [0.4, 0.5) is 0 Å². The van der Waals surface area contributed by atoms with Crippen molar-refractivity contribution in [2.24, 2.45) is 0 Å². The van der Waals surface area contributed by atoms with Crippen LogP contribution in [-0.2, 0) is 4.74 Å². The van der Waals surface area contributed by atoms with Crippen LogP contribution in [0.3, 0.4) is 0 Å². The van der Waals surface area contributed by atoms with E-state index < -0.39 is 0 Å². The number of nitrogens with one attached hydrogen (secondary N) is 1. The van der Waals surface area contributed by atoms with Crippen LogP contribution in [0.15, 0.2) is 48.0 Å². The van der Waals surface area contributed by atoms with Gasteiger partial charge in [-0.3, -0.25) is 4.79 Å². The smallest absolute Gasteiger partial charge is 0.251 e. The summed E-state index contributed by atoms with van der Waals surface area (Å²) >= 11 is 7.70. The minimum absolute atomic E-state index is 0.144. The summed E-state index contributed by atoms with van der Waals surface area (Å²) in [6.45, 7) is 0.347. The zero-order valence-corrected chi connectivity index (χ0v) is 14.0. The molecule has 1 amide bonds. The van der Waals surface area contributed by atoms with Crippen LogP contribution in [0.25, 0.3) is 10.2 Å². The molecule has 1 N–H and O–H groups in total. The number of halogens is 1. The van der Waals surface area contributed by atoms with E-state index in [9.17, 15) is 4.79 Å². The molecule has 0 spiro atoms. The predicted molar refractivity (Wildman–Crippen MR) is 93.2 cm³/mol. The highest BCUT2D eigenvalue weighted by molar-refractivity contribution is 7.16. The molecule has 118 valence electrons. The molecule has 1 aromatic heterocycles. The summed E-state index contributed by atoms with van der Waals surface area (Å²) in [7, 11) is 1.60. The lowest BCUT2D eigenvalue weighted by atomic mass is 10.1. The molecule has 6 heteroatoms. The van der Waals surface area contributed by atoms with Gasteiger partial charge in [0, 0.05) is 29.8 Å². The first-order valence-corrected chi connectivity index (χ1v) is 8.33. The summed E-state index contributed by atoms with van der Waals surface area (Å²) in [5.74, 6) is -0.144. The molecule has 0 radical (unpaired) electrons. The van der Waals surface area contributed by atoms with Crippen LogP contribution in [-0.4, -0.2) is 24.5 Å². The highest BCUT2D eigenvalue weighted by atomic mass is 35.5. The third-order valence-electron chi connectivity index (χ3n) is 3.58. The number of ether oxygens (including phenoxy) is 1. The number of hydrogen-bond acceptors (Lipinski definition) is 4. The molecule has 3 rings (SSSR count). The van der Waals surface area contributed by atoms with E-state index in [1.807, 2.05) is 36.4 Å². The Morgan fingerprint density at radius 1 is 1.35 bits per heavy atom. The Morgan fingerprint density at radius 2 is 2.17 bits per heavy atom. The molecule has 3 aromatic rings. The van der Waals surface area contributed by atoms with Crippen LogP contribution in [0.5, 0.6) is 0 Å². The lowest BCUT2D eigenvalue weighted by Gasteiger charge is -2.17. The normalized spacial score (nSPS) is 12.3. The van der Waals surface area contributed by atoms with Gasteiger partial charge < -0.3 is 10.1 Å². The lowest BCUT2D eigenvalue weighted by Crippen LogP contribution is -2.29. The number of nitrogens with zero attached hydrogens (tertiary/aromatic N) is 1. The zero-order valence-electron chi connectivity index (χ0n) is 12.5. The standard InChI is InChI=1S/C17H15ClN2O2S/c1-22-15(12-4-2-3-5-13(12)18)9-19-17(21)11-6-7-14-16(8-11)23-10-20-14/h2-8,10,15H,9H2,1H3,(H,19,21). The minimum atomic E-state index is -0.292. The number of benzene rings is 2. The van der Waals surface area contributed by atoms with Gasteiger partial charge in [-0.15, -0.1) is 11.3 Å². The third-order valence-corrected chi connectivity index (χ3v) is 4.71. The average molecular weight is 347 g/mol. The molecule has 0 saturated carbocycles. The molecule has 4 nitrogen and oxygen atoms in total. The molecule has 23 heavy (non-hydrogen) atoms. The number of amides is 1. The van der Waals surface area contributed by atoms with Crippen molar-refractivity contribution in [1.82, 2.24) is 10.3 Å². The molecular formula is C17H15ClN2O2S. The van der Waals surface area contributed by atoms with Crippen molar-refractivity contribution in [3.05, 3.63) is 64.1 Å². The average Bonchev–Trinajstić information content (AvgIpc) is 3.04. The molecule has 1 heterocycles. The molecule has 0 saturated heterocycles. The Kier molecular flexibility index (Phi) is 4.91. The fraction of sp³-hybridized carbons (Fsp3) is 0.176. The van der Waals surface area contributed by atoms with Gasteiger partial charge in [0.25, 0.3) is 5.91 Å². The second-order valence-corrected chi connectivity index (χ2v) is 6.28. The Labute approximate surface area is 143 Å². The van der Waals surface area contributed by atoms with Crippen molar-refractivity contribution in [1.29, 1.82) is 0 Å². The summed E-state index contributed by atoms with van der Waals surface area (Å²) in [5, 5.41) is 3.52. The number of aromatic nitrogens is 1. The Hall–Kier alpha value is -1.95. The number of carbonyl (C=O) groups is 1. The van der Waals surface area contributed by atoms with Crippen LogP contribution in [0, 0.1) is 0 Å². The predicted octanol–water partition coefficient (Wildman–Crippen LogP) is 4.07. The summed E-state index contributed by atoms with van der Waals surface area (Å²) < 4.78 is 6.45. The van der Waals surface area contributed by atoms with Gasteiger partial charge in [-0.25, -0.2) is 4.98 Å². The van der Waals surface area contributed by atoms with Gasteiger partial charge in [0.15, 0.2) is 0 Å². The highest BCUT2D eigenvalue weighted by Crippen LogP contribution is 2.24. The Balaban J connectivity index is 1.71. The Morgan fingerprint density at radius 3 is 2.96 bits per heavy atom. The van der Waals surface area contributed by atoms with Gasteiger partial charge in [-0.1, -0.05) is 29.8 Å². The number of fused-ring (bicyclic) bond motifs is 1. The van der Waals surface area contributed by atoms with Crippen molar-refractivity contribution >= 4 is 39.1 Å². The van der Waals surface area contributed by atoms with Gasteiger partial charge in [-0.2, -0.15) is 0 Å². The van der Waals surface area contributed by atoms with Gasteiger partial charge >= 0.3 is 0 Å². The Bertz CT molecular complexity index is 834. The van der Waals surface area contributed by atoms with Gasteiger partial charge in [0.2, 0.25) is 0 Å². The van der Waals surface area contributed by atoms with Crippen LogP contribution in [0.1, 0.15) is 22.0 Å². The van der Waals surface area contributed by atoms with E-state index in [0.29, 0.717) is 17.1 Å². The molecule has 1 unspecified atom stereocenters. The largest absolute Gasteiger partial charge is 0.375 e. The van der Waals surface area contributed by atoms with Gasteiger partial charge in [-0.05, 0) is 24.3 Å². The third kappa shape index (κ3) is 3.52. The van der Waals surface area contributed by atoms with Crippen LogP contribution >= 0.6 is 22.9 Å². The maximum Gasteiger partial charge on any atom is 0.251 e. The molecule has 0 aliphatic carbocycles. The van der Waals surface area contributed by atoms with Crippen molar-refractivity contribution in [2.75, 3.05) is 13.7 Å². The first-order valence-electron chi connectivity index (χ1n) is 7.07. The monoisotopic (exact) mass is 346 g/mol. The summed E-state index contributed by atoms with van der Waals surface area (Å²) in [6.07, 6.45) is -0.292. The van der Waals surface area contributed by atoms with Gasteiger partial charge in [0.1, 0.15) is 6.10 Å². The number of hydrogen-bond donors (Lipinski definition) is 1. The summed E-state index contributed by atoms with van der Waals surface area (Å²) in [6, 6.07) is 12.9. The number of carbonyl (C=O) groups excluding carboxylic acids is 1. The molecule has 0 fully saturated rings. The maximum atomic E-state index is 12.3. The van der Waals surface area contributed by atoms with E-state index in [4.69, 9.17) is 16.3 Å². The van der Waals surface area contributed by atoms with Crippen molar-refractivity contribution in [2.45, 2.75) is 6.10 Å². The van der Waals surface area contributed by atoms with E-state index in [1.54, 1.807) is 18.7 Å². The first kappa shape index (κ1) is 15.9. The van der Waals surface area contributed by atoms with Crippen molar-refractivity contribution in [3.63, 3.8) is 0 Å². The van der Waals surface area contributed by atoms with E-state index in [2.05, 4.69) is 10.3 Å². The molecule has 2 aromatic carbocycles. The lowest BCUT2D eigenvalue weighted by molar-refractivity contribution is 0.0828. The molecular weight excluding hydrogens is 332 g/mol. The van der Waals surface area contributed by atoms with E-state index in [-0.39, 0.29) is 12.0 Å². The maximum absolute atomic E-state index is 12.3. The van der Waals surface area contributed by atoms with E-state index in [1.165, 1.54) is 11.3 Å².